The van der Waals surface area contributed by atoms with E-state index in [0.717, 1.165) is 0 Å². The molecule has 0 atom stereocenters. The van der Waals surface area contributed by atoms with Gasteiger partial charge in [-0.3, -0.25) is 0 Å². The summed E-state index contributed by atoms with van der Waals surface area (Å²) in [7, 11) is -3.68. The largest absolute Gasteiger partial charge is 0.173 e. The van der Waals surface area contributed by atoms with E-state index in [-0.39, 0.29) is 5.41 Å². The van der Waals surface area contributed by atoms with Crippen molar-refractivity contribution in [2.75, 3.05) is 0 Å². The summed E-state index contributed by atoms with van der Waals surface area (Å²) in [5.41, 5.74) is 17.1. The summed E-state index contributed by atoms with van der Waals surface area (Å²) in [6, 6.07) is 31.7. The van der Waals surface area contributed by atoms with E-state index < -0.39 is 14.8 Å². The average molecular weight is 554 g/mol. The molecule has 4 aromatic carbocycles. The van der Waals surface area contributed by atoms with Crippen LogP contribution in [-0.4, -0.2) is 14.8 Å². The van der Waals surface area contributed by atoms with Crippen LogP contribution in [0.25, 0.3) is 34.4 Å². The molecule has 2 aliphatic carbocycles. The first-order valence-electron chi connectivity index (χ1n) is 12.8. The Hall–Kier alpha value is -2.63. The second-order valence-electron chi connectivity index (χ2n) is 11.2. The Balaban J connectivity index is 1.67. The summed E-state index contributed by atoms with van der Waals surface area (Å²) in [6.45, 7) is 8.61. The number of halogens is 2. The lowest BCUT2D eigenvalue weighted by Gasteiger charge is -2.31. The zero-order valence-corrected chi connectivity index (χ0v) is 25.2. The monoisotopic (exact) mass is 552 g/mol. The Morgan fingerprint density at radius 3 is 1.30 bits per heavy atom. The molecule has 6 rings (SSSR count). The fourth-order valence-corrected chi connectivity index (χ4v) is 7.53. The van der Waals surface area contributed by atoms with Gasteiger partial charge in [0.1, 0.15) is 0 Å². The number of benzene rings is 4. The summed E-state index contributed by atoms with van der Waals surface area (Å²) in [4.78, 5) is 0. The van der Waals surface area contributed by atoms with E-state index in [4.69, 9.17) is 22.2 Å². The summed E-state index contributed by atoms with van der Waals surface area (Å²) in [6.07, 6.45) is 4.43. The van der Waals surface area contributed by atoms with Crippen molar-refractivity contribution in [3.63, 3.8) is 0 Å². The standard InChI is InChI=1S/C33H30Cl2Si2/c1-36(2,34)19-17-23-13-15-27-28-16-14-24(18-20-37(3,4)35)22-32(28)33(31(27)21-23)29-11-7-5-9-25(29)26-10-6-8-12-30(26)33/h5-22H,1-4H3/b19-17+,20-18+. The van der Waals surface area contributed by atoms with Crippen LogP contribution in [-0.2, 0) is 5.41 Å². The molecule has 37 heavy (non-hydrogen) atoms. The summed E-state index contributed by atoms with van der Waals surface area (Å²) in [5.74, 6) is 0. The van der Waals surface area contributed by atoms with Crippen LogP contribution in [0.4, 0.5) is 0 Å². The van der Waals surface area contributed by atoms with Gasteiger partial charge in [-0.15, -0.1) is 0 Å². The highest BCUT2D eigenvalue weighted by molar-refractivity contribution is 7.22. The Labute approximate surface area is 231 Å². The highest BCUT2D eigenvalue weighted by Gasteiger charge is 2.51. The Morgan fingerprint density at radius 1 is 0.514 bits per heavy atom. The molecular formula is C33H30Cl2Si2. The van der Waals surface area contributed by atoms with Gasteiger partial charge in [0, 0.05) is 0 Å². The van der Waals surface area contributed by atoms with E-state index in [1.807, 2.05) is 0 Å². The van der Waals surface area contributed by atoms with Crippen molar-refractivity contribution >= 4 is 49.1 Å². The van der Waals surface area contributed by atoms with Crippen LogP contribution < -0.4 is 0 Å². The van der Waals surface area contributed by atoms with Gasteiger partial charge in [-0.2, -0.15) is 22.2 Å². The van der Waals surface area contributed by atoms with Crippen LogP contribution in [0.5, 0.6) is 0 Å². The van der Waals surface area contributed by atoms with E-state index in [0.29, 0.717) is 0 Å². The van der Waals surface area contributed by atoms with Crippen LogP contribution in [0.15, 0.2) is 96.3 Å². The minimum Gasteiger partial charge on any atom is -0.162 e. The third-order valence-electron chi connectivity index (χ3n) is 7.48. The molecule has 4 aromatic rings. The summed E-state index contributed by atoms with van der Waals surface area (Å²) in [5, 5.41) is 0. The van der Waals surface area contributed by atoms with Gasteiger partial charge in [-0.25, -0.2) is 0 Å². The topological polar surface area (TPSA) is 0 Å². The molecule has 1 spiro atoms. The molecule has 0 aromatic heterocycles. The molecule has 0 nitrogen and oxygen atoms in total. The van der Waals surface area contributed by atoms with Crippen molar-refractivity contribution in [1.82, 2.24) is 0 Å². The first-order valence-corrected chi connectivity index (χ1v) is 21.0. The lowest BCUT2D eigenvalue weighted by Crippen LogP contribution is -2.26. The molecule has 184 valence electrons. The third-order valence-corrected chi connectivity index (χ3v) is 10.2. The number of hydrogen-bond acceptors (Lipinski definition) is 0. The van der Waals surface area contributed by atoms with E-state index in [9.17, 15) is 0 Å². The van der Waals surface area contributed by atoms with Gasteiger partial charge < -0.3 is 0 Å². The predicted octanol–water partition coefficient (Wildman–Crippen LogP) is 10.0. The molecule has 0 unspecified atom stereocenters. The van der Waals surface area contributed by atoms with E-state index in [1.165, 1.54) is 55.6 Å². The van der Waals surface area contributed by atoms with Gasteiger partial charge in [0.05, 0.1) is 5.41 Å². The van der Waals surface area contributed by atoms with Crippen molar-refractivity contribution in [2.24, 2.45) is 0 Å². The molecule has 0 saturated heterocycles. The van der Waals surface area contributed by atoms with Gasteiger partial charge in [-0.05, 0) is 67.8 Å². The SMILES string of the molecule is C[Si](C)(Cl)/C=C/c1ccc2c(c1)C1(c3ccccc3-c3ccccc31)c1cc(/C=C/[Si](C)(C)Cl)ccc1-2. The summed E-state index contributed by atoms with van der Waals surface area (Å²) < 4.78 is 0. The highest BCUT2D eigenvalue weighted by Crippen LogP contribution is 2.62. The average Bonchev–Trinajstić information content (AvgIpc) is 3.32. The number of hydrogen-bond donors (Lipinski definition) is 0. The van der Waals surface area contributed by atoms with E-state index in [2.05, 4.69) is 135 Å². The van der Waals surface area contributed by atoms with Gasteiger partial charge >= 0.3 is 0 Å². The zero-order chi connectivity index (χ0) is 26.0. The molecule has 0 aliphatic heterocycles. The maximum absolute atomic E-state index is 6.65. The molecule has 4 heteroatoms. The van der Waals surface area contributed by atoms with Gasteiger partial charge in [-0.1, -0.05) is 123 Å². The fourth-order valence-electron chi connectivity index (χ4n) is 5.97. The lowest BCUT2D eigenvalue weighted by molar-refractivity contribution is 0.793. The maximum Gasteiger partial charge on any atom is 0.173 e. The van der Waals surface area contributed by atoms with Gasteiger partial charge in [0.15, 0.2) is 14.8 Å². The van der Waals surface area contributed by atoms with E-state index >= 15 is 0 Å². The number of rotatable bonds is 4. The predicted molar refractivity (Wildman–Crippen MR) is 167 cm³/mol. The quantitative estimate of drug-likeness (QED) is 0.151. The van der Waals surface area contributed by atoms with Gasteiger partial charge in [0.2, 0.25) is 0 Å². The van der Waals surface area contributed by atoms with Crippen LogP contribution in [0.2, 0.25) is 26.2 Å². The molecular weight excluding hydrogens is 523 g/mol. The zero-order valence-electron chi connectivity index (χ0n) is 21.6. The molecule has 0 amide bonds. The second kappa shape index (κ2) is 8.71. The Morgan fingerprint density at radius 2 is 0.892 bits per heavy atom. The van der Waals surface area contributed by atoms with Crippen LogP contribution in [0.3, 0.4) is 0 Å². The Kier molecular flexibility index (Phi) is 5.81. The smallest absolute Gasteiger partial charge is 0.162 e. The molecule has 0 heterocycles. The number of fused-ring (bicyclic) bond motifs is 10. The van der Waals surface area contributed by atoms with E-state index in [1.54, 1.807) is 0 Å². The molecule has 2 aliphatic rings. The van der Waals surface area contributed by atoms with Crippen molar-refractivity contribution in [1.29, 1.82) is 0 Å². The lowest BCUT2D eigenvalue weighted by atomic mass is 9.70. The Bertz CT molecular complexity index is 1480. The minimum atomic E-state index is -1.84. The minimum absolute atomic E-state index is 0.354. The fraction of sp³-hybridized carbons (Fsp3) is 0.152. The first kappa shape index (κ1) is 24.7. The maximum atomic E-state index is 6.65. The van der Waals surface area contributed by atoms with Crippen LogP contribution >= 0.6 is 22.2 Å². The van der Waals surface area contributed by atoms with Crippen molar-refractivity contribution in [3.05, 3.63) is 130 Å². The highest BCUT2D eigenvalue weighted by atomic mass is 35.6. The third kappa shape index (κ3) is 4.11. The molecule has 0 N–H and O–H groups in total. The molecule has 0 bridgehead atoms. The normalized spacial score (nSPS) is 15.3. The van der Waals surface area contributed by atoms with Crippen molar-refractivity contribution in [2.45, 2.75) is 31.6 Å². The van der Waals surface area contributed by atoms with Crippen molar-refractivity contribution < 1.29 is 0 Å². The second-order valence-corrected chi connectivity index (χ2v) is 24.0. The van der Waals surface area contributed by atoms with Crippen LogP contribution in [0.1, 0.15) is 33.4 Å². The summed E-state index contributed by atoms with van der Waals surface area (Å²) >= 11 is 13.3. The van der Waals surface area contributed by atoms with Gasteiger partial charge in [0.25, 0.3) is 0 Å². The van der Waals surface area contributed by atoms with Crippen LogP contribution in [0, 0.1) is 0 Å². The molecule has 0 saturated carbocycles. The van der Waals surface area contributed by atoms with Crippen molar-refractivity contribution in [3.8, 4) is 22.3 Å². The molecule has 0 radical (unpaired) electrons. The molecule has 0 fully saturated rings. The first-order chi connectivity index (χ1) is 17.6.